The summed E-state index contributed by atoms with van der Waals surface area (Å²) in [4.78, 5) is 19.3. The van der Waals surface area contributed by atoms with Crippen LogP contribution in [0.5, 0.6) is 11.5 Å². The van der Waals surface area contributed by atoms with Crippen LogP contribution in [0.4, 0.5) is 0 Å². The molecule has 0 aliphatic carbocycles. The number of ether oxygens (including phenoxy) is 2. The monoisotopic (exact) mass is 352 g/mol. The molecule has 1 aromatic carbocycles. The largest absolute Gasteiger partial charge is 0.496 e. The van der Waals surface area contributed by atoms with Gasteiger partial charge in [-0.15, -0.1) is 0 Å². The molecule has 0 aliphatic heterocycles. The lowest BCUT2D eigenvalue weighted by molar-refractivity contribution is 0.0708. The molecule has 0 bridgehead atoms. The third kappa shape index (κ3) is 3.85. The molecule has 3 aromatic rings. The normalized spacial score (nSPS) is 10.4. The Morgan fingerprint density at radius 2 is 1.77 bits per heavy atom. The molecule has 0 saturated heterocycles. The Hall–Kier alpha value is -3.28. The highest BCUT2D eigenvalue weighted by atomic mass is 16.5. The zero-order chi connectivity index (χ0) is 18.4. The van der Waals surface area contributed by atoms with Gasteiger partial charge in [-0.1, -0.05) is 12.1 Å². The molecule has 0 fully saturated rings. The number of rotatable bonds is 7. The van der Waals surface area contributed by atoms with E-state index in [-0.39, 0.29) is 5.91 Å². The van der Waals surface area contributed by atoms with Gasteiger partial charge >= 0.3 is 0 Å². The topological polar surface area (TPSA) is 64.8 Å². The molecule has 134 valence electrons. The number of aromatic nitrogens is 1. The van der Waals surface area contributed by atoms with Crippen molar-refractivity contribution >= 4 is 5.91 Å². The fourth-order valence-electron chi connectivity index (χ4n) is 2.70. The number of pyridine rings is 1. The van der Waals surface area contributed by atoms with E-state index in [2.05, 4.69) is 4.98 Å². The first-order valence-corrected chi connectivity index (χ1v) is 8.15. The summed E-state index contributed by atoms with van der Waals surface area (Å²) in [6.07, 6.45) is 3.29. The SMILES string of the molecule is COc1cccc(OC)c1C(=O)N(Cc1ccccn1)Cc1ccco1. The summed E-state index contributed by atoms with van der Waals surface area (Å²) in [5.41, 5.74) is 1.15. The van der Waals surface area contributed by atoms with Crippen LogP contribution in [0.3, 0.4) is 0 Å². The van der Waals surface area contributed by atoms with Crippen molar-refractivity contribution in [3.05, 3.63) is 78.0 Å². The first kappa shape index (κ1) is 17.5. The van der Waals surface area contributed by atoms with Gasteiger partial charge in [0.15, 0.2) is 0 Å². The molecule has 0 saturated carbocycles. The molecule has 6 heteroatoms. The van der Waals surface area contributed by atoms with Crippen molar-refractivity contribution < 1.29 is 18.7 Å². The molecule has 0 radical (unpaired) electrons. The van der Waals surface area contributed by atoms with Crippen LogP contribution in [0.1, 0.15) is 21.8 Å². The number of amides is 1. The lowest BCUT2D eigenvalue weighted by Gasteiger charge is -2.23. The molecule has 0 N–H and O–H groups in total. The highest BCUT2D eigenvalue weighted by molar-refractivity contribution is 5.99. The average Bonchev–Trinajstić information content (AvgIpc) is 3.20. The van der Waals surface area contributed by atoms with Crippen molar-refractivity contribution in [2.75, 3.05) is 14.2 Å². The second kappa shape index (κ2) is 8.20. The van der Waals surface area contributed by atoms with Gasteiger partial charge in [-0.25, -0.2) is 0 Å². The molecule has 0 spiro atoms. The Kier molecular flexibility index (Phi) is 5.53. The Labute approximate surface area is 152 Å². The summed E-state index contributed by atoms with van der Waals surface area (Å²) in [6, 6.07) is 14.5. The zero-order valence-electron chi connectivity index (χ0n) is 14.7. The maximum absolute atomic E-state index is 13.3. The predicted octanol–water partition coefficient (Wildman–Crippen LogP) is 3.53. The summed E-state index contributed by atoms with van der Waals surface area (Å²) in [5, 5.41) is 0. The zero-order valence-corrected chi connectivity index (χ0v) is 14.7. The average molecular weight is 352 g/mol. The number of furan rings is 1. The first-order chi connectivity index (χ1) is 12.7. The van der Waals surface area contributed by atoms with Gasteiger partial charge in [0, 0.05) is 6.20 Å². The van der Waals surface area contributed by atoms with Crippen molar-refractivity contribution in [3.8, 4) is 11.5 Å². The minimum Gasteiger partial charge on any atom is -0.496 e. The maximum Gasteiger partial charge on any atom is 0.262 e. The summed E-state index contributed by atoms with van der Waals surface area (Å²) >= 11 is 0. The fraction of sp³-hybridized carbons (Fsp3) is 0.200. The van der Waals surface area contributed by atoms with Gasteiger partial charge < -0.3 is 18.8 Å². The third-order valence-corrected chi connectivity index (χ3v) is 3.93. The van der Waals surface area contributed by atoms with Crippen LogP contribution in [0.25, 0.3) is 0 Å². The number of carbonyl (C=O) groups excluding carboxylic acids is 1. The Bertz CT molecular complexity index is 825. The van der Waals surface area contributed by atoms with Crippen LogP contribution in [-0.2, 0) is 13.1 Å². The first-order valence-electron chi connectivity index (χ1n) is 8.15. The highest BCUT2D eigenvalue weighted by Crippen LogP contribution is 2.30. The van der Waals surface area contributed by atoms with Gasteiger partial charge in [0.2, 0.25) is 0 Å². The Balaban J connectivity index is 1.97. The Morgan fingerprint density at radius 3 is 2.35 bits per heavy atom. The van der Waals surface area contributed by atoms with Crippen LogP contribution >= 0.6 is 0 Å². The van der Waals surface area contributed by atoms with Gasteiger partial charge in [0.25, 0.3) is 5.91 Å². The van der Waals surface area contributed by atoms with E-state index in [0.717, 1.165) is 5.69 Å². The molecular weight excluding hydrogens is 332 g/mol. The van der Waals surface area contributed by atoms with Crippen LogP contribution in [-0.4, -0.2) is 30.0 Å². The third-order valence-electron chi connectivity index (χ3n) is 3.93. The second-order valence-electron chi connectivity index (χ2n) is 5.60. The number of methoxy groups -OCH3 is 2. The smallest absolute Gasteiger partial charge is 0.262 e. The van der Waals surface area contributed by atoms with Crippen molar-refractivity contribution in [2.24, 2.45) is 0 Å². The van der Waals surface area contributed by atoms with E-state index in [1.807, 2.05) is 24.3 Å². The maximum atomic E-state index is 13.3. The van der Waals surface area contributed by atoms with Gasteiger partial charge in [-0.3, -0.25) is 9.78 Å². The lowest BCUT2D eigenvalue weighted by atomic mass is 10.1. The van der Waals surface area contributed by atoms with E-state index in [4.69, 9.17) is 13.9 Å². The van der Waals surface area contributed by atoms with Crippen molar-refractivity contribution in [3.63, 3.8) is 0 Å². The van der Waals surface area contributed by atoms with E-state index in [1.165, 1.54) is 14.2 Å². The summed E-state index contributed by atoms with van der Waals surface area (Å²) in [6.45, 7) is 0.644. The molecule has 6 nitrogen and oxygen atoms in total. The Morgan fingerprint density at radius 1 is 1.00 bits per heavy atom. The highest BCUT2D eigenvalue weighted by Gasteiger charge is 2.25. The van der Waals surface area contributed by atoms with Gasteiger partial charge in [-0.05, 0) is 36.4 Å². The van der Waals surface area contributed by atoms with E-state index < -0.39 is 0 Å². The molecular formula is C20H20N2O4. The standard InChI is InChI=1S/C20H20N2O4/c1-24-17-9-5-10-18(25-2)19(17)20(23)22(14-16-8-6-12-26-16)13-15-7-3-4-11-21-15/h3-12H,13-14H2,1-2H3. The van der Waals surface area contributed by atoms with E-state index in [1.54, 1.807) is 41.6 Å². The summed E-state index contributed by atoms with van der Waals surface area (Å²) in [5.74, 6) is 1.38. The van der Waals surface area contributed by atoms with Gasteiger partial charge in [0.05, 0.1) is 39.3 Å². The number of nitrogens with zero attached hydrogens (tertiary/aromatic N) is 2. The predicted molar refractivity (Wildman–Crippen MR) is 96.1 cm³/mol. The molecule has 0 unspecified atom stereocenters. The van der Waals surface area contributed by atoms with Crippen LogP contribution in [0.2, 0.25) is 0 Å². The second-order valence-corrected chi connectivity index (χ2v) is 5.60. The van der Waals surface area contributed by atoms with Gasteiger partial charge in [0.1, 0.15) is 22.8 Å². The van der Waals surface area contributed by atoms with Crippen LogP contribution < -0.4 is 9.47 Å². The number of hydrogen-bond acceptors (Lipinski definition) is 5. The number of hydrogen-bond donors (Lipinski definition) is 0. The minimum atomic E-state index is -0.221. The van der Waals surface area contributed by atoms with E-state index in [0.29, 0.717) is 35.9 Å². The lowest BCUT2D eigenvalue weighted by Crippen LogP contribution is -2.31. The van der Waals surface area contributed by atoms with Crippen molar-refractivity contribution in [1.29, 1.82) is 0 Å². The number of carbonyl (C=O) groups is 1. The van der Waals surface area contributed by atoms with Crippen LogP contribution in [0, 0.1) is 0 Å². The quantitative estimate of drug-likeness (QED) is 0.651. The van der Waals surface area contributed by atoms with E-state index >= 15 is 0 Å². The molecule has 26 heavy (non-hydrogen) atoms. The fourth-order valence-corrected chi connectivity index (χ4v) is 2.70. The molecule has 2 aromatic heterocycles. The summed E-state index contributed by atoms with van der Waals surface area (Å²) < 4.78 is 16.2. The van der Waals surface area contributed by atoms with E-state index in [9.17, 15) is 4.79 Å². The van der Waals surface area contributed by atoms with Gasteiger partial charge in [-0.2, -0.15) is 0 Å². The molecule has 2 heterocycles. The van der Waals surface area contributed by atoms with Crippen molar-refractivity contribution in [2.45, 2.75) is 13.1 Å². The molecule has 3 rings (SSSR count). The van der Waals surface area contributed by atoms with Crippen molar-refractivity contribution in [1.82, 2.24) is 9.88 Å². The van der Waals surface area contributed by atoms with Crippen LogP contribution in [0.15, 0.2) is 65.4 Å². The molecule has 0 atom stereocenters. The molecule has 1 amide bonds. The number of benzene rings is 1. The minimum absolute atomic E-state index is 0.221. The summed E-state index contributed by atoms with van der Waals surface area (Å²) in [7, 11) is 3.06. The molecule has 0 aliphatic rings.